The van der Waals surface area contributed by atoms with Gasteiger partial charge in [-0.2, -0.15) is 0 Å². The lowest BCUT2D eigenvalue weighted by molar-refractivity contribution is 0.358. The van der Waals surface area contributed by atoms with Gasteiger partial charge < -0.3 is 14.6 Å². The quantitative estimate of drug-likeness (QED) is 0.637. The fourth-order valence-corrected chi connectivity index (χ4v) is 3.10. The van der Waals surface area contributed by atoms with Crippen LogP contribution in [-0.4, -0.2) is 46.5 Å². The Kier molecular flexibility index (Phi) is 7.37. The highest BCUT2D eigenvalue weighted by Gasteiger charge is 2.20. The molecule has 0 saturated carbocycles. The predicted molar refractivity (Wildman–Crippen MR) is 83.8 cm³/mol. The molecule has 0 atom stereocenters. The Morgan fingerprint density at radius 1 is 1.29 bits per heavy atom. The van der Waals surface area contributed by atoms with Crippen molar-refractivity contribution >= 4 is 10.0 Å². The van der Waals surface area contributed by atoms with Crippen LogP contribution in [0.5, 0.6) is 0 Å². The van der Waals surface area contributed by atoms with Crippen molar-refractivity contribution in [3.63, 3.8) is 0 Å². The number of hydrogen-bond acceptors (Lipinski definition) is 5. The zero-order valence-corrected chi connectivity index (χ0v) is 14.2. The summed E-state index contributed by atoms with van der Waals surface area (Å²) in [5, 5.41) is 3.19. The van der Waals surface area contributed by atoms with Gasteiger partial charge in [-0.15, -0.1) is 0 Å². The SMILES string of the molecule is CCCNCc1cc(S(=O)(=O)NCCN(C)CC)c(C)o1. The molecule has 0 spiro atoms. The van der Waals surface area contributed by atoms with E-state index in [-0.39, 0.29) is 4.90 Å². The summed E-state index contributed by atoms with van der Waals surface area (Å²) in [6.45, 7) is 9.16. The Hall–Kier alpha value is -0.890. The summed E-state index contributed by atoms with van der Waals surface area (Å²) in [5.41, 5.74) is 0. The van der Waals surface area contributed by atoms with Crippen LogP contribution < -0.4 is 10.0 Å². The molecular formula is C14H27N3O3S. The number of sulfonamides is 1. The van der Waals surface area contributed by atoms with E-state index in [2.05, 4.69) is 17.0 Å². The van der Waals surface area contributed by atoms with Crippen LogP contribution in [0.2, 0.25) is 0 Å². The molecule has 0 amide bonds. The Bertz CT molecular complexity index is 526. The molecule has 122 valence electrons. The first-order chi connectivity index (χ1) is 9.90. The lowest BCUT2D eigenvalue weighted by Gasteiger charge is -2.13. The molecule has 0 saturated heterocycles. The molecule has 0 aliphatic carbocycles. The lowest BCUT2D eigenvalue weighted by atomic mass is 10.4. The number of aryl methyl sites for hydroxylation is 1. The zero-order chi connectivity index (χ0) is 15.9. The van der Waals surface area contributed by atoms with E-state index < -0.39 is 10.0 Å². The van der Waals surface area contributed by atoms with E-state index in [4.69, 9.17) is 4.42 Å². The summed E-state index contributed by atoms with van der Waals surface area (Å²) in [7, 11) is -1.55. The van der Waals surface area contributed by atoms with Crippen molar-refractivity contribution in [2.24, 2.45) is 0 Å². The third-order valence-corrected chi connectivity index (χ3v) is 4.83. The highest BCUT2D eigenvalue weighted by atomic mass is 32.2. The first-order valence-corrected chi connectivity index (χ1v) is 8.87. The van der Waals surface area contributed by atoms with Gasteiger partial charge in [0.15, 0.2) is 0 Å². The first-order valence-electron chi connectivity index (χ1n) is 7.39. The summed E-state index contributed by atoms with van der Waals surface area (Å²) in [5.74, 6) is 1.08. The van der Waals surface area contributed by atoms with E-state index in [1.165, 1.54) is 0 Å². The fourth-order valence-electron chi connectivity index (χ4n) is 1.87. The molecule has 1 aromatic heterocycles. The van der Waals surface area contributed by atoms with Crippen molar-refractivity contribution in [3.05, 3.63) is 17.6 Å². The topological polar surface area (TPSA) is 74.6 Å². The Morgan fingerprint density at radius 2 is 2.00 bits per heavy atom. The molecule has 21 heavy (non-hydrogen) atoms. The summed E-state index contributed by atoms with van der Waals surface area (Å²) in [6.07, 6.45) is 1.03. The summed E-state index contributed by atoms with van der Waals surface area (Å²) < 4.78 is 32.6. The van der Waals surface area contributed by atoms with Crippen molar-refractivity contribution in [3.8, 4) is 0 Å². The van der Waals surface area contributed by atoms with Gasteiger partial charge in [0.2, 0.25) is 10.0 Å². The van der Waals surface area contributed by atoms with Crippen molar-refractivity contribution in [2.45, 2.75) is 38.6 Å². The minimum absolute atomic E-state index is 0.231. The van der Waals surface area contributed by atoms with Crippen molar-refractivity contribution in [1.29, 1.82) is 0 Å². The number of nitrogens with zero attached hydrogens (tertiary/aromatic N) is 1. The molecular weight excluding hydrogens is 290 g/mol. The molecule has 0 aliphatic rings. The van der Waals surface area contributed by atoms with Gasteiger partial charge in [0.25, 0.3) is 0 Å². The summed E-state index contributed by atoms with van der Waals surface area (Å²) >= 11 is 0. The fraction of sp³-hybridized carbons (Fsp3) is 0.714. The molecule has 0 radical (unpaired) electrons. The van der Waals surface area contributed by atoms with E-state index >= 15 is 0 Å². The largest absolute Gasteiger partial charge is 0.464 e. The monoisotopic (exact) mass is 317 g/mol. The van der Waals surface area contributed by atoms with E-state index in [1.54, 1.807) is 13.0 Å². The van der Waals surface area contributed by atoms with Gasteiger partial charge in [-0.1, -0.05) is 13.8 Å². The van der Waals surface area contributed by atoms with E-state index in [9.17, 15) is 8.42 Å². The van der Waals surface area contributed by atoms with Crippen molar-refractivity contribution in [1.82, 2.24) is 14.9 Å². The third kappa shape index (κ3) is 5.78. The van der Waals surface area contributed by atoms with Crippen LogP contribution in [0.1, 0.15) is 31.8 Å². The molecule has 0 unspecified atom stereocenters. The molecule has 6 nitrogen and oxygen atoms in total. The van der Waals surface area contributed by atoms with Crippen LogP contribution in [-0.2, 0) is 16.6 Å². The van der Waals surface area contributed by atoms with Crippen LogP contribution in [0.15, 0.2) is 15.4 Å². The van der Waals surface area contributed by atoms with Gasteiger partial charge in [-0.25, -0.2) is 13.1 Å². The van der Waals surface area contributed by atoms with E-state index in [0.717, 1.165) is 19.5 Å². The number of likely N-dealkylation sites (N-methyl/N-ethyl adjacent to an activating group) is 1. The maximum absolute atomic E-state index is 12.3. The van der Waals surface area contributed by atoms with Gasteiger partial charge in [0.1, 0.15) is 16.4 Å². The second-order valence-corrected chi connectivity index (χ2v) is 6.84. The maximum atomic E-state index is 12.3. The Morgan fingerprint density at radius 3 is 2.62 bits per heavy atom. The Balaban J connectivity index is 2.65. The van der Waals surface area contributed by atoms with Gasteiger partial charge in [-0.3, -0.25) is 0 Å². The van der Waals surface area contributed by atoms with Crippen molar-refractivity contribution < 1.29 is 12.8 Å². The van der Waals surface area contributed by atoms with Crippen LogP contribution in [0.4, 0.5) is 0 Å². The summed E-state index contributed by atoms with van der Waals surface area (Å²) in [4.78, 5) is 2.28. The molecule has 0 aromatic carbocycles. The van der Waals surface area contributed by atoms with Crippen LogP contribution in [0, 0.1) is 6.92 Å². The molecule has 1 heterocycles. The molecule has 1 rings (SSSR count). The summed E-state index contributed by atoms with van der Waals surface area (Å²) in [6, 6.07) is 1.60. The average molecular weight is 317 g/mol. The van der Waals surface area contributed by atoms with Gasteiger partial charge >= 0.3 is 0 Å². The highest BCUT2D eigenvalue weighted by molar-refractivity contribution is 7.89. The minimum Gasteiger partial charge on any atom is -0.464 e. The van der Waals surface area contributed by atoms with Gasteiger partial charge in [0.05, 0.1) is 6.54 Å². The maximum Gasteiger partial charge on any atom is 0.244 e. The standard InChI is InChI=1S/C14H27N3O3S/c1-5-7-15-11-13-10-14(12(3)20-13)21(18,19)16-8-9-17(4)6-2/h10,15-16H,5-9,11H2,1-4H3. The van der Waals surface area contributed by atoms with Crippen molar-refractivity contribution in [2.75, 3.05) is 33.2 Å². The van der Waals surface area contributed by atoms with Crippen LogP contribution in [0.3, 0.4) is 0 Å². The normalized spacial score (nSPS) is 12.2. The number of furan rings is 1. The van der Waals surface area contributed by atoms with E-state index in [1.807, 2.05) is 18.9 Å². The number of rotatable bonds is 10. The van der Waals surface area contributed by atoms with Crippen LogP contribution >= 0.6 is 0 Å². The molecule has 0 aliphatic heterocycles. The average Bonchev–Trinajstić information content (AvgIpc) is 2.80. The molecule has 0 bridgehead atoms. The number of hydrogen-bond donors (Lipinski definition) is 2. The predicted octanol–water partition coefficient (Wildman–Crippen LogP) is 1.32. The second kappa shape index (κ2) is 8.53. The Labute approximate surface area is 127 Å². The molecule has 1 aromatic rings. The van der Waals surface area contributed by atoms with E-state index in [0.29, 0.717) is 31.2 Å². The highest BCUT2D eigenvalue weighted by Crippen LogP contribution is 2.19. The number of nitrogens with one attached hydrogen (secondary N) is 2. The second-order valence-electron chi connectivity index (χ2n) is 5.10. The molecule has 2 N–H and O–H groups in total. The molecule has 0 fully saturated rings. The minimum atomic E-state index is -3.50. The van der Waals surface area contributed by atoms with Gasteiger partial charge in [0, 0.05) is 19.2 Å². The molecule has 7 heteroatoms. The first kappa shape index (κ1) is 18.2. The van der Waals surface area contributed by atoms with Gasteiger partial charge in [-0.05, 0) is 33.5 Å². The lowest BCUT2D eigenvalue weighted by Crippen LogP contribution is -2.33. The third-order valence-electron chi connectivity index (χ3n) is 3.26. The van der Waals surface area contributed by atoms with Crippen LogP contribution in [0.25, 0.3) is 0 Å². The smallest absolute Gasteiger partial charge is 0.244 e. The zero-order valence-electron chi connectivity index (χ0n) is 13.4.